The van der Waals surface area contributed by atoms with E-state index < -0.39 is 50.5 Å². The second kappa shape index (κ2) is 11.6. The number of carbonyl (C=O) groups excluding carboxylic acids is 4. The average molecular weight is 558 g/mol. The first-order valence-corrected chi connectivity index (χ1v) is 14.2. The van der Waals surface area contributed by atoms with Crippen LogP contribution in [0.25, 0.3) is 11.1 Å². The zero-order valence-corrected chi connectivity index (χ0v) is 22.8. The molecule has 1 fully saturated rings. The number of aliphatic imine (C=N–C) groups is 1. The van der Waals surface area contributed by atoms with Crippen LogP contribution in [-0.2, 0) is 24.4 Å². The summed E-state index contributed by atoms with van der Waals surface area (Å²) >= 11 is 0. The van der Waals surface area contributed by atoms with Crippen molar-refractivity contribution in [1.29, 1.82) is 0 Å². The Balaban J connectivity index is 1.75. The lowest BCUT2D eigenvalue weighted by Gasteiger charge is -2.33. The molecule has 0 radical (unpaired) electrons. The summed E-state index contributed by atoms with van der Waals surface area (Å²) < 4.78 is 33.8. The van der Waals surface area contributed by atoms with E-state index in [2.05, 4.69) is 20.6 Å². The number of amides is 2. The third-order valence-electron chi connectivity index (χ3n) is 6.54. The quantitative estimate of drug-likeness (QED) is 0.536. The number of ketones is 2. The number of rotatable bonds is 6. The normalized spacial score (nSPS) is 19.1. The summed E-state index contributed by atoms with van der Waals surface area (Å²) in [5.41, 5.74) is 1.33. The van der Waals surface area contributed by atoms with Crippen LogP contribution in [0.4, 0.5) is 0 Å². The second-order valence-corrected chi connectivity index (χ2v) is 11.7. The van der Waals surface area contributed by atoms with Crippen LogP contribution in [0.1, 0.15) is 55.6 Å². The Morgan fingerprint density at radius 1 is 1.28 bits per heavy atom. The lowest BCUT2D eigenvalue weighted by Crippen LogP contribution is -2.58. The highest BCUT2D eigenvalue weighted by Crippen LogP contribution is 2.25. The molecule has 2 aliphatic heterocycles. The molecule has 4 heterocycles. The monoisotopic (exact) mass is 557 g/mol. The molecule has 2 aromatic rings. The van der Waals surface area contributed by atoms with Crippen LogP contribution >= 0.6 is 0 Å². The standard InChI is InChI=1S/C26H31N5O7S/c1-15(2)13-17(30-24(34)23-16(3)22-21(38-23)9-6-11-28-22)26(35)31(18-7-4-10-27-14-20(18)33)39(36,37)25-19(32)8-5-12-29-25/h5-6,9,11-12,15,17-18,27H,4,7-8,10,13-14H2,1-3H3,(H,30,34)/t17?,18-/m0/s1. The first-order chi connectivity index (χ1) is 18.5. The van der Waals surface area contributed by atoms with Gasteiger partial charge in [-0.05, 0) is 50.8 Å². The van der Waals surface area contributed by atoms with Gasteiger partial charge in [-0.1, -0.05) is 19.9 Å². The number of sulfonamides is 1. The summed E-state index contributed by atoms with van der Waals surface area (Å²) in [6.07, 6.45) is 4.48. The van der Waals surface area contributed by atoms with Gasteiger partial charge in [-0.25, -0.2) is 9.30 Å². The number of hydrogen-bond acceptors (Lipinski definition) is 10. The molecule has 4 rings (SSSR count). The molecule has 0 saturated carbocycles. The molecule has 2 atom stereocenters. The maximum absolute atomic E-state index is 14.1. The van der Waals surface area contributed by atoms with Crippen LogP contribution in [0.5, 0.6) is 0 Å². The Morgan fingerprint density at radius 3 is 2.74 bits per heavy atom. The number of fused-ring (bicyclic) bond motifs is 1. The highest BCUT2D eigenvalue weighted by Gasteiger charge is 2.46. The van der Waals surface area contributed by atoms with Crippen molar-refractivity contribution in [2.45, 2.75) is 58.5 Å². The van der Waals surface area contributed by atoms with Crippen LogP contribution in [-0.4, -0.2) is 71.3 Å². The van der Waals surface area contributed by atoms with E-state index >= 15 is 0 Å². The van der Waals surface area contributed by atoms with Gasteiger partial charge >= 0.3 is 0 Å². The number of pyridine rings is 1. The van der Waals surface area contributed by atoms with Gasteiger partial charge in [0.2, 0.25) is 5.04 Å². The fraction of sp³-hybridized carbons (Fsp3) is 0.462. The highest BCUT2D eigenvalue weighted by molar-refractivity contribution is 8.06. The number of nitrogens with one attached hydrogen (secondary N) is 2. The Hall–Kier alpha value is -3.71. The molecule has 2 amide bonds. The molecule has 39 heavy (non-hydrogen) atoms. The summed E-state index contributed by atoms with van der Waals surface area (Å²) in [5, 5.41) is 4.73. The number of nitrogens with zero attached hydrogens (tertiary/aromatic N) is 3. The average Bonchev–Trinajstić information content (AvgIpc) is 3.09. The van der Waals surface area contributed by atoms with E-state index in [1.807, 2.05) is 13.8 Å². The van der Waals surface area contributed by atoms with Crippen LogP contribution in [0.15, 0.2) is 40.0 Å². The summed E-state index contributed by atoms with van der Waals surface area (Å²) in [6, 6.07) is 0.609. The van der Waals surface area contributed by atoms with Crippen molar-refractivity contribution in [3.05, 3.63) is 41.9 Å². The van der Waals surface area contributed by atoms with Crippen molar-refractivity contribution in [1.82, 2.24) is 19.9 Å². The predicted octanol–water partition coefficient (Wildman–Crippen LogP) is 1.65. The minimum atomic E-state index is -4.83. The Labute approximate surface area is 226 Å². The van der Waals surface area contributed by atoms with E-state index in [9.17, 15) is 27.6 Å². The molecule has 12 nitrogen and oxygen atoms in total. The molecule has 208 valence electrons. The van der Waals surface area contributed by atoms with Crippen molar-refractivity contribution in [2.24, 2.45) is 10.9 Å². The van der Waals surface area contributed by atoms with Gasteiger partial charge < -0.3 is 15.1 Å². The summed E-state index contributed by atoms with van der Waals surface area (Å²) in [6.45, 7) is 5.58. The molecule has 1 unspecified atom stereocenters. The van der Waals surface area contributed by atoms with E-state index in [4.69, 9.17) is 4.42 Å². The predicted molar refractivity (Wildman–Crippen MR) is 142 cm³/mol. The van der Waals surface area contributed by atoms with Crippen molar-refractivity contribution < 1.29 is 32.0 Å². The zero-order valence-electron chi connectivity index (χ0n) is 22.0. The number of allylic oxidation sites excluding steroid dienone is 1. The topological polar surface area (TPSA) is 168 Å². The minimum Gasteiger partial charge on any atom is -0.449 e. The molecule has 2 aromatic heterocycles. The third-order valence-corrected chi connectivity index (χ3v) is 8.31. The maximum Gasteiger partial charge on any atom is 0.288 e. The molecule has 13 heteroatoms. The first-order valence-electron chi connectivity index (χ1n) is 12.7. The molecule has 0 bridgehead atoms. The largest absolute Gasteiger partial charge is 0.449 e. The van der Waals surface area contributed by atoms with Crippen molar-refractivity contribution >= 4 is 49.5 Å². The number of aromatic nitrogens is 1. The molecular weight excluding hydrogens is 526 g/mol. The molecule has 0 spiro atoms. The fourth-order valence-electron chi connectivity index (χ4n) is 4.68. The number of hydrogen-bond donors (Lipinski definition) is 2. The van der Waals surface area contributed by atoms with Crippen LogP contribution in [0, 0.1) is 12.8 Å². The third kappa shape index (κ3) is 5.83. The van der Waals surface area contributed by atoms with Crippen molar-refractivity contribution in [2.75, 3.05) is 13.1 Å². The van der Waals surface area contributed by atoms with Gasteiger partial charge in [0, 0.05) is 24.4 Å². The van der Waals surface area contributed by atoms with Gasteiger partial charge in [-0.15, -0.1) is 0 Å². The van der Waals surface area contributed by atoms with E-state index in [-0.39, 0.29) is 37.5 Å². The lowest BCUT2D eigenvalue weighted by molar-refractivity contribution is -0.135. The number of Topliss-reactive ketones (excluding diaryl/α,β-unsaturated/α-hetero) is 2. The highest BCUT2D eigenvalue weighted by atomic mass is 32.2. The van der Waals surface area contributed by atoms with E-state index in [0.29, 0.717) is 33.9 Å². The van der Waals surface area contributed by atoms with E-state index in [1.54, 1.807) is 25.3 Å². The first kappa shape index (κ1) is 28.3. The zero-order chi connectivity index (χ0) is 28.3. The molecule has 0 aliphatic carbocycles. The van der Waals surface area contributed by atoms with Crippen molar-refractivity contribution in [3.8, 4) is 0 Å². The SMILES string of the molecule is Cc1c(C(=O)NC(CC(C)C)C(=O)N([C@H]2CCCNCC2=O)S(=O)(=O)C2=NC=CCC2=O)oc2cccnc12. The summed E-state index contributed by atoms with van der Waals surface area (Å²) in [5.74, 6) is -3.27. The molecule has 2 aliphatic rings. The van der Waals surface area contributed by atoms with Gasteiger partial charge in [0.25, 0.3) is 21.8 Å². The smallest absolute Gasteiger partial charge is 0.288 e. The van der Waals surface area contributed by atoms with Crippen LogP contribution in [0.2, 0.25) is 0 Å². The van der Waals surface area contributed by atoms with Gasteiger partial charge in [0.1, 0.15) is 17.6 Å². The Kier molecular flexibility index (Phi) is 8.40. The lowest BCUT2D eigenvalue weighted by atomic mass is 10.0. The summed E-state index contributed by atoms with van der Waals surface area (Å²) in [7, 11) is -4.83. The van der Waals surface area contributed by atoms with Gasteiger partial charge in [0.15, 0.2) is 22.9 Å². The minimum absolute atomic E-state index is 0.0603. The maximum atomic E-state index is 14.1. The number of furan rings is 1. The number of aryl methyl sites for hydroxylation is 1. The van der Waals surface area contributed by atoms with Crippen LogP contribution < -0.4 is 10.6 Å². The number of carbonyl (C=O) groups is 4. The molecular formula is C26H31N5O7S. The van der Waals surface area contributed by atoms with Gasteiger partial charge in [0.05, 0.1) is 6.54 Å². The van der Waals surface area contributed by atoms with Crippen LogP contribution in [0.3, 0.4) is 0 Å². The second-order valence-electron chi connectivity index (χ2n) is 9.95. The van der Waals surface area contributed by atoms with Gasteiger partial charge in [-0.3, -0.25) is 24.2 Å². The molecule has 2 N–H and O–H groups in total. The Bertz CT molecular complexity index is 1470. The van der Waals surface area contributed by atoms with E-state index in [1.165, 1.54) is 12.3 Å². The molecule has 1 saturated heterocycles. The van der Waals surface area contributed by atoms with E-state index in [0.717, 1.165) is 0 Å². The summed E-state index contributed by atoms with van der Waals surface area (Å²) in [4.78, 5) is 61.0. The van der Waals surface area contributed by atoms with Gasteiger partial charge in [-0.2, -0.15) is 8.42 Å². The van der Waals surface area contributed by atoms with Crippen molar-refractivity contribution in [3.63, 3.8) is 0 Å². The Morgan fingerprint density at radius 2 is 2.05 bits per heavy atom. The molecule has 0 aromatic carbocycles. The fourth-order valence-corrected chi connectivity index (χ4v) is 6.35.